The molecule has 2 nitrogen and oxygen atoms in total. The van der Waals surface area contributed by atoms with E-state index < -0.39 is 0 Å². The number of unbranched alkanes of at least 4 members (excludes halogenated alkanes) is 22. The first-order valence-corrected chi connectivity index (χ1v) is 16.9. The van der Waals surface area contributed by atoms with Crippen LogP contribution in [0.2, 0.25) is 0 Å². The third kappa shape index (κ3) is 18.5. The third-order valence-corrected chi connectivity index (χ3v) is 8.10. The molecule has 0 bridgehead atoms. The lowest BCUT2D eigenvalue weighted by atomic mass is 10.0. The monoisotopic (exact) mass is 504 g/mol. The predicted octanol–water partition coefficient (Wildman–Crippen LogP) is 11.1. The molecule has 0 aromatic carbocycles. The zero-order chi connectivity index (χ0) is 25.9. The maximum atomic E-state index is 2.60. The molecule has 0 spiro atoms. The van der Waals surface area contributed by atoms with Gasteiger partial charge < -0.3 is 0 Å². The van der Waals surface area contributed by atoms with Gasteiger partial charge in [0.2, 0.25) is 0 Å². The number of aryl methyl sites for hydroxylation is 2. The van der Waals surface area contributed by atoms with E-state index in [9.17, 15) is 0 Å². The summed E-state index contributed by atoms with van der Waals surface area (Å²) in [5.74, 6) is 1.60. The largest absolute Gasteiger partial charge is 0.256 e. The van der Waals surface area contributed by atoms with Crippen LogP contribution in [0.25, 0.3) is 0 Å². The van der Waals surface area contributed by atoms with Crippen molar-refractivity contribution in [3.8, 4) is 0 Å². The minimum absolute atomic E-state index is 1.21. The Balaban J connectivity index is 2.16. The van der Waals surface area contributed by atoms with Crippen molar-refractivity contribution >= 4 is 0 Å². The Morgan fingerprint density at radius 1 is 0.472 bits per heavy atom. The second-order valence-corrected chi connectivity index (χ2v) is 11.6. The molecule has 0 N–H and O–H groups in total. The van der Waals surface area contributed by atoms with Crippen molar-refractivity contribution in [3.05, 3.63) is 18.2 Å². The molecular formula is C34H67N2+. The van der Waals surface area contributed by atoms with Gasteiger partial charge in [-0.1, -0.05) is 149 Å². The highest BCUT2D eigenvalue weighted by atomic mass is 15.1. The summed E-state index contributed by atoms with van der Waals surface area (Å²) in [6.07, 6.45) is 41.5. The molecule has 1 heterocycles. The van der Waals surface area contributed by atoms with Gasteiger partial charge in [-0.3, -0.25) is 0 Å². The lowest BCUT2D eigenvalue weighted by Crippen LogP contribution is -2.37. The van der Waals surface area contributed by atoms with Crippen molar-refractivity contribution in [3.63, 3.8) is 0 Å². The van der Waals surface area contributed by atoms with Gasteiger partial charge in [-0.15, -0.1) is 0 Å². The molecule has 212 valence electrons. The topological polar surface area (TPSA) is 8.81 Å². The molecule has 0 aliphatic rings. The maximum Gasteiger partial charge on any atom is 0.256 e. The zero-order valence-corrected chi connectivity index (χ0v) is 25.3. The van der Waals surface area contributed by atoms with Crippen LogP contribution >= 0.6 is 0 Å². The van der Waals surface area contributed by atoms with Crippen LogP contribution in [0.4, 0.5) is 0 Å². The standard InChI is InChI=1S/C34H67N2/c1-4-7-10-12-14-15-16-17-18-19-20-21-22-24-26-29-34-35(30-27-9-6-3)32-33-36(34)31-28-25-23-13-11-8-5-2/h32-33H,4-31H2,1-3H3/q+1. The molecule has 1 aromatic rings. The molecule has 2 heteroatoms. The molecule has 0 fully saturated rings. The fraction of sp³-hybridized carbons (Fsp3) is 0.912. The Hall–Kier alpha value is -0.790. The van der Waals surface area contributed by atoms with E-state index in [1.807, 2.05) is 0 Å². The Bertz CT molecular complexity index is 562. The van der Waals surface area contributed by atoms with Crippen LogP contribution in [0, 0.1) is 0 Å². The average Bonchev–Trinajstić information content (AvgIpc) is 3.27. The van der Waals surface area contributed by atoms with Crippen molar-refractivity contribution in [2.75, 3.05) is 0 Å². The van der Waals surface area contributed by atoms with Crippen molar-refractivity contribution < 1.29 is 4.57 Å². The number of aromatic nitrogens is 2. The lowest BCUT2D eigenvalue weighted by Gasteiger charge is -2.07. The number of nitrogens with zero attached hydrogens (tertiary/aromatic N) is 2. The second-order valence-electron chi connectivity index (χ2n) is 11.6. The number of imidazole rings is 1. The molecule has 1 aromatic heterocycles. The summed E-state index contributed by atoms with van der Waals surface area (Å²) in [5, 5.41) is 0. The van der Waals surface area contributed by atoms with Crippen molar-refractivity contribution in [2.45, 2.75) is 201 Å². The van der Waals surface area contributed by atoms with Gasteiger partial charge >= 0.3 is 0 Å². The van der Waals surface area contributed by atoms with Gasteiger partial charge in [0.15, 0.2) is 0 Å². The number of hydrogen-bond acceptors (Lipinski definition) is 0. The van der Waals surface area contributed by atoms with Crippen LogP contribution in [-0.4, -0.2) is 4.57 Å². The van der Waals surface area contributed by atoms with E-state index in [1.54, 1.807) is 5.82 Å². The third-order valence-electron chi connectivity index (χ3n) is 8.10. The van der Waals surface area contributed by atoms with Crippen LogP contribution in [-0.2, 0) is 19.5 Å². The maximum absolute atomic E-state index is 2.60. The summed E-state index contributed by atoms with van der Waals surface area (Å²) in [7, 11) is 0. The molecule has 0 saturated carbocycles. The Kier molecular flexibility index (Phi) is 23.9. The van der Waals surface area contributed by atoms with Gasteiger partial charge in [0.1, 0.15) is 12.4 Å². The van der Waals surface area contributed by atoms with Crippen LogP contribution in [0.15, 0.2) is 12.4 Å². The molecule has 0 atom stereocenters. The molecule has 0 aliphatic heterocycles. The van der Waals surface area contributed by atoms with E-state index in [0.717, 1.165) is 0 Å². The van der Waals surface area contributed by atoms with Crippen molar-refractivity contribution in [2.24, 2.45) is 0 Å². The molecular weight excluding hydrogens is 436 g/mol. The normalized spacial score (nSPS) is 11.5. The highest BCUT2D eigenvalue weighted by Gasteiger charge is 2.16. The summed E-state index contributed by atoms with van der Waals surface area (Å²) < 4.78 is 5.18. The summed E-state index contributed by atoms with van der Waals surface area (Å²) in [6, 6.07) is 0. The SMILES string of the molecule is CCCCCCCCCCCCCCCCCc1n(CCCCCCCCC)cc[n+]1CCCCC. The van der Waals surface area contributed by atoms with Crippen molar-refractivity contribution in [1.82, 2.24) is 4.57 Å². The van der Waals surface area contributed by atoms with Crippen LogP contribution < -0.4 is 4.57 Å². The zero-order valence-electron chi connectivity index (χ0n) is 25.3. The van der Waals surface area contributed by atoms with E-state index >= 15 is 0 Å². The van der Waals surface area contributed by atoms with E-state index in [2.05, 4.69) is 42.3 Å². The number of rotatable bonds is 28. The first-order chi connectivity index (χ1) is 17.8. The first-order valence-electron chi connectivity index (χ1n) is 16.9. The minimum atomic E-state index is 1.21. The van der Waals surface area contributed by atoms with Gasteiger partial charge in [-0.05, 0) is 32.1 Å². The quantitative estimate of drug-likeness (QED) is 0.0794. The summed E-state index contributed by atoms with van der Waals surface area (Å²) >= 11 is 0. The molecule has 0 radical (unpaired) electrons. The second kappa shape index (κ2) is 25.8. The average molecular weight is 504 g/mol. The molecule has 36 heavy (non-hydrogen) atoms. The molecule has 0 aliphatic carbocycles. The predicted molar refractivity (Wildman–Crippen MR) is 161 cm³/mol. The van der Waals surface area contributed by atoms with Crippen LogP contribution in [0.1, 0.15) is 187 Å². The Morgan fingerprint density at radius 2 is 0.861 bits per heavy atom. The number of hydrogen-bond donors (Lipinski definition) is 0. The lowest BCUT2D eigenvalue weighted by molar-refractivity contribution is -0.704. The molecule has 0 saturated heterocycles. The fourth-order valence-electron chi connectivity index (χ4n) is 5.62. The van der Waals surface area contributed by atoms with E-state index in [-0.39, 0.29) is 0 Å². The van der Waals surface area contributed by atoms with Gasteiger partial charge in [0, 0.05) is 6.42 Å². The minimum Gasteiger partial charge on any atom is -0.234 e. The Labute approximate surface area is 228 Å². The molecule has 0 amide bonds. The van der Waals surface area contributed by atoms with Crippen molar-refractivity contribution in [1.29, 1.82) is 0 Å². The van der Waals surface area contributed by atoms with Crippen LogP contribution in [0.3, 0.4) is 0 Å². The first kappa shape index (κ1) is 33.2. The fourth-order valence-corrected chi connectivity index (χ4v) is 5.62. The van der Waals surface area contributed by atoms with Crippen LogP contribution in [0.5, 0.6) is 0 Å². The van der Waals surface area contributed by atoms with Gasteiger partial charge in [-0.25, -0.2) is 9.13 Å². The van der Waals surface area contributed by atoms with Gasteiger partial charge in [0.25, 0.3) is 5.82 Å². The summed E-state index contributed by atoms with van der Waals surface area (Å²) in [5.41, 5.74) is 0. The Morgan fingerprint density at radius 3 is 1.33 bits per heavy atom. The smallest absolute Gasteiger partial charge is 0.234 e. The summed E-state index contributed by atoms with van der Waals surface area (Å²) in [4.78, 5) is 0. The van der Waals surface area contributed by atoms with E-state index in [4.69, 9.17) is 0 Å². The molecule has 1 rings (SSSR count). The van der Waals surface area contributed by atoms with E-state index in [0.29, 0.717) is 0 Å². The van der Waals surface area contributed by atoms with Gasteiger partial charge in [-0.2, -0.15) is 0 Å². The molecule has 0 unspecified atom stereocenters. The summed E-state index contributed by atoms with van der Waals surface area (Å²) in [6.45, 7) is 9.37. The van der Waals surface area contributed by atoms with Gasteiger partial charge in [0.05, 0.1) is 13.1 Å². The van der Waals surface area contributed by atoms with E-state index in [1.165, 1.54) is 180 Å². The highest BCUT2D eigenvalue weighted by molar-refractivity contribution is 4.84. The highest BCUT2D eigenvalue weighted by Crippen LogP contribution is 2.15.